The van der Waals surface area contributed by atoms with Gasteiger partial charge in [0.25, 0.3) is 0 Å². The third-order valence-corrected chi connectivity index (χ3v) is 5.17. The van der Waals surface area contributed by atoms with Crippen LogP contribution in [0.15, 0.2) is 35.7 Å². The molecule has 0 saturated carbocycles. The minimum atomic E-state index is -0.721. The molecule has 1 aliphatic heterocycles. The Hall–Kier alpha value is -2.67. The summed E-state index contributed by atoms with van der Waals surface area (Å²) in [6, 6.07) is 9.11. The number of thiophene rings is 1. The van der Waals surface area contributed by atoms with Crippen LogP contribution in [0, 0.1) is 6.92 Å². The summed E-state index contributed by atoms with van der Waals surface area (Å²) >= 11 is 1.52. The van der Waals surface area contributed by atoms with Crippen molar-refractivity contribution in [2.75, 3.05) is 16.8 Å². The molecule has 1 saturated heterocycles. The third-order valence-electron chi connectivity index (χ3n) is 4.29. The van der Waals surface area contributed by atoms with E-state index in [4.69, 9.17) is 0 Å². The molecule has 6 nitrogen and oxygen atoms in total. The van der Waals surface area contributed by atoms with Gasteiger partial charge in [-0.05, 0) is 48.9 Å². The fourth-order valence-electron chi connectivity index (χ4n) is 2.89. The number of piperidine rings is 1. The lowest BCUT2D eigenvalue weighted by Gasteiger charge is -2.28. The first-order valence-corrected chi connectivity index (χ1v) is 9.45. The normalized spacial score (nSPS) is 14.2. The van der Waals surface area contributed by atoms with Crippen molar-refractivity contribution in [3.63, 3.8) is 0 Å². The smallest absolute Gasteiger partial charge is 0.313 e. The van der Waals surface area contributed by atoms with E-state index >= 15 is 0 Å². The van der Waals surface area contributed by atoms with Crippen LogP contribution in [0.1, 0.15) is 29.7 Å². The van der Waals surface area contributed by atoms with Crippen molar-refractivity contribution in [2.45, 2.75) is 32.7 Å². The summed E-state index contributed by atoms with van der Waals surface area (Å²) in [5, 5.41) is 7.12. The predicted molar refractivity (Wildman–Crippen MR) is 102 cm³/mol. The Bertz CT molecular complexity index is 817. The van der Waals surface area contributed by atoms with Crippen LogP contribution in [0.5, 0.6) is 0 Å². The number of benzene rings is 1. The number of amides is 3. The first-order valence-electron chi connectivity index (χ1n) is 8.57. The number of anilines is 2. The molecule has 1 fully saturated rings. The number of nitrogens with zero attached hydrogens (tertiary/aromatic N) is 1. The van der Waals surface area contributed by atoms with Crippen molar-refractivity contribution in [3.8, 4) is 0 Å². The minimum Gasteiger partial charge on any atom is -0.343 e. The van der Waals surface area contributed by atoms with Crippen LogP contribution in [0.2, 0.25) is 0 Å². The summed E-state index contributed by atoms with van der Waals surface area (Å²) in [4.78, 5) is 39.0. The van der Waals surface area contributed by atoms with Gasteiger partial charge in [-0.15, -0.1) is 11.3 Å². The van der Waals surface area contributed by atoms with Crippen LogP contribution >= 0.6 is 11.3 Å². The highest BCUT2D eigenvalue weighted by atomic mass is 32.1. The van der Waals surface area contributed by atoms with Gasteiger partial charge in [0.2, 0.25) is 5.91 Å². The van der Waals surface area contributed by atoms with Gasteiger partial charge in [0.05, 0.1) is 6.54 Å². The highest BCUT2D eigenvalue weighted by Gasteiger charge is 2.22. The number of aryl methyl sites for hydroxylation is 1. The molecule has 2 heterocycles. The Morgan fingerprint density at radius 1 is 1.19 bits per heavy atom. The Morgan fingerprint density at radius 2 is 2.04 bits per heavy atom. The molecule has 2 aromatic rings. The first kappa shape index (κ1) is 18.1. The van der Waals surface area contributed by atoms with E-state index in [1.165, 1.54) is 11.3 Å². The number of carbonyl (C=O) groups is 3. The zero-order valence-electron chi connectivity index (χ0n) is 14.6. The molecule has 0 atom stereocenters. The van der Waals surface area contributed by atoms with E-state index in [1.807, 2.05) is 30.5 Å². The van der Waals surface area contributed by atoms with E-state index in [-0.39, 0.29) is 5.91 Å². The van der Waals surface area contributed by atoms with Gasteiger partial charge in [0, 0.05) is 29.2 Å². The predicted octanol–water partition coefficient (Wildman–Crippen LogP) is 2.83. The molecule has 0 aliphatic carbocycles. The minimum absolute atomic E-state index is 0.0940. The van der Waals surface area contributed by atoms with Gasteiger partial charge in [0.15, 0.2) is 0 Å². The van der Waals surface area contributed by atoms with E-state index < -0.39 is 11.8 Å². The molecule has 26 heavy (non-hydrogen) atoms. The summed E-state index contributed by atoms with van der Waals surface area (Å²) in [7, 11) is 0. The maximum atomic E-state index is 12.2. The number of hydrogen-bond acceptors (Lipinski definition) is 4. The summed E-state index contributed by atoms with van der Waals surface area (Å²) in [6.07, 6.45) is 2.42. The second-order valence-corrected chi connectivity index (χ2v) is 7.25. The maximum absolute atomic E-state index is 12.2. The second kappa shape index (κ2) is 8.14. The lowest BCUT2D eigenvalue weighted by atomic mass is 10.1. The molecule has 1 aromatic carbocycles. The van der Waals surface area contributed by atoms with E-state index in [9.17, 15) is 14.4 Å². The van der Waals surface area contributed by atoms with Gasteiger partial charge < -0.3 is 15.5 Å². The van der Waals surface area contributed by atoms with E-state index in [1.54, 1.807) is 17.0 Å². The fourth-order valence-corrected chi connectivity index (χ4v) is 3.53. The molecule has 3 amide bonds. The standard InChI is InChI=1S/C19H21N3O3S/c1-13-7-8-14(11-16(13)22-9-3-2-6-17(22)23)21-19(25)18(24)20-12-15-5-4-10-26-15/h4-5,7-8,10-11H,2-3,6,9,12H2,1H3,(H,20,24)(H,21,25). The van der Waals surface area contributed by atoms with E-state index in [0.29, 0.717) is 25.2 Å². The fraction of sp³-hybridized carbons (Fsp3) is 0.316. The first-order chi connectivity index (χ1) is 12.5. The largest absolute Gasteiger partial charge is 0.343 e. The van der Waals surface area contributed by atoms with Gasteiger partial charge >= 0.3 is 11.8 Å². The van der Waals surface area contributed by atoms with E-state index in [0.717, 1.165) is 29.0 Å². The molecular weight excluding hydrogens is 350 g/mol. The molecule has 7 heteroatoms. The molecule has 0 bridgehead atoms. The molecule has 2 N–H and O–H groups in total. The van der Waals surface area contributed by atoms with Crippen LogP contribution < -0.4 is 15.5 Å². The number of rotatable bonds is 4. The van der Waals surface area contributed by atoms with Crippen LogP contribution in [-0.4, -0.2) is 24.3 Å². The van der Waals surface area contributed by atoms with Crippen molar-refractivity contribution in [2.24, 2.45) is 0 Å². The zero-order chi connectivity index (χ0) is 18.5. The summed E-state index contributed by atoms with van der Waals surface area (Å²) < 4.78 is 0. The van der Waals surface area contributed by atoms with Crippen molar-refractivity contribution in [1.82, 2.24) is 5.32 Å². The average molecular weight is 371 g/mol. The Kier molecular flexibility index (Phi) is 5.68. The van der Waals surface area contributed by atoms with Crippen LogP contribution in [-0.2, 0) is 20.9 Å². The molecule has 3 rings (SSSR count). The molecule has 0 radical (unpaired) electrons. The lowest BCUT2D eigenvalue weighted by Crippen LogP contribution is -2.36. The molecule has 136 valence electrons. The van der Waals surface area contributed by atoms with Crippen LogP contribution in [0.25, 0.3) is 0 Å². The Balaban J connectivity index is 1.65. The highest BCUT2D eigenvalue weighted by molar-refractivity contribution is 7.09. The highest BCUT2D eigenvalue weighted by Crippen LogP contribution is 2.27. The number of nitrogens with one attached hydrogen (secondary N) is 2. The van der Waals surface area contributed by atoms with Gasteiger partial charge in [-0.25, -0.2) is 0 Å². The van der Waals surface area contributed by atoms with Crippen LogP contribution in [0.4, 0.5) is 11.4 Å². The zero-order valence-corrected chi connectivity index (χ0v) is 15.4. The molecular formula is C19H21N3O3S. The monoisotopic (exact) mass is 371 g/mol. The topological polar surface area (TPSA) is 78.5 Å². The summed E-state index contributed by atoms with van der Waals surface area (Å²) in [5.41, 5.74) is 2.24. The SMILES string of the molecule is Cc1ccc(NC(=O)C(=O)NCc2cccs2)cc1N1CCCCC1=O. The van der Waals surface area contributed by atoms with Crippen molar-refractivity contribution in [3.05, 3.63) is 46.2 Å². The van der Waals surface area contributed by atoms with Gasteiger partial charge in [-0.1, -0.05) is 12.1 Å². The quantitative estimate of drug-likeness (QED) is 0.811. The Labute approximate surface area is 156 Å². The molecule has 1 aromatic heterocycles. The maximum Gasteiger partial charge on any atom is 0.313 e. The number of hydrogen-bond donors (Lipinski definition) is 2. The van der Waals surface area contributed by atoms with Gasteiger partial charge in [-0.2, -0.15) is 0 Å². The van der Waals surface area contributed by atoms with Crippen molar-refractivity contribution >= 4 is 40.4 Å². The van der Waals surface area contributed by atoms with Crippen molar-refractivity contribution in [1.29, 1.82) is 0 Å². The van der Waals surface area contributed by atoms with Gasteiger partial charge in [0.1, 0.15) is 0 Å². The number of carbonyl (C=O) groups excluding carboxylic acids is 3. The summed E-state index contributed by atoms with van der Waals surface area (Å²) in [6.45, 7) is 2.93. The van der Waals surface area contributed by atoms with Gasteiger partial charge in [-0.3, -0.25) is 14.4 Å². The molecule has 1 aliphatic rings. The Morgan fingerprint density at radius 3 is 2.77 bits per heavy atom. The van der Waals surface area contributed by atoms with E-state index in [2.05, 4.69) is 10.6 Å². The third kappa shape index (κ3) is 4.29. The lowest BCUT2D eigenvalue weighted by molar-refractivity contribution is -0.136. The molecule has 0 unspecified atom stereocenters. The van der Waals surface area contributed by atoms with Crippen LogP contribution in [0.3, 0.4) is 0 Å². The molecule has 0 spiro atoms. The van der Waals surface area contributed by atoms with Crippen molar-refractivity contribution < 1.29 is 14.4 Å². The summed E-state index contributed by atoms with van der Waals surface area (Å²) in [5.74, 6) is -1.31. The second-order valence-electron chi connectivity index (χ2n) is 6.22. The average Bonchev–Trinajstić information content (AvgIpc) is 3.15.